The van der Waals surface area contributed by atoms with Crippen molar-refractivity contribution in [3.05, 3.63) is 0 Å². The largest absolute Gasteiger partial charge is 0.330 e. The number of hydrogen-bond donors (Lipinski definition) is 1. The monoisotopic (exact) mass is 198 g/mol. The molecular formula is C12H26N2. The van der Waals surface area contributed by atoms with Crippen LogP contribution in [0, 0.1) is 5.92 Å². The molecule has 1 heterocycles. The van der Waals surface area contributed by atoms with Crippen LogP contribution < -0.4 is 5.73 Å². The van der Waals surface area contributed by atoms with E-state index in [1.165, 1.54) is 45.2 Å². The number of likely N-dealkylation sites (tertiary alicyclic amines) is 1. The van der Waals surface area contributed by atoms with E-state index in [0.29, 0.717) is 5.92 Å². The lowest BCUT2D eigenvalue weighted by molar-refractivity contribution is 0.122. The molecule has 0 bridgehead atoms. The van der Waals surface area contributed by atoms with Crippen molar-refractivity contribution in [2.75, 3.05) is 19.6 Å². The van der Waals surface area contributed by atoms with Crippen LogP contribution in [0.4, 0.5) is 0 Å². The molecule has 14 heavy (non-hydrogen) atoms. The van der Waals surface area contributed by atoms with Crippen molar-refractivity contribution in [3.63, 3.8) is 0 Å². The minimum absolute atomic E-state index is 0.710. The van der Waals surface area contributed by atoms with Crippen LogP contribution in [0.25, 0.3) is 0 Å². The summed E-state index contributed by atoms with van der Waals surface area (Å²) in [5.41, 5.74) is 5.76. The molecule has 2 unspecified atom stereocenters. The van der Waals surface area contributed by atoms with E-state index < -0.39 is 0 Å². The van der Waals surface area contributed by atoms with E-state index in [9.17, 15) is 0 Å². The average Bonchev–Trinajstić information content (AvgIpc) is 2.26. The van der Waals surface area contributed by atoms with Crippen LogP contribution in [-0.4, -0.2) is 30.6 Å². The molecule has 2 atom stereocenters. The number of hydrogen-bond acceptors (Lipinski definition) is 2. The van der Waals surface area contributed by atoms with E-state index in [1.54, 1.807) is 0 Å². The standard InChI is InChI=1S/C12H26N2/c1-3-11(9-13)10-14-8-6-5-7-12(14)4-2/h11-12H,3-10,13H2,1-2H3. The Morgan fingerprint density at radius 3 is 2.71 bits per heavy atom. The molecule has 0 amide bonds. The fraction of sp³-hybridized carbons (Fsp3) is 1.00. The fourth-order valence-electron chi connectivity index (χ4n) is 2.46. The molecule has 0 aromatic carbocycles. The van der Waals surface area contributed by atoms with Crippen molar-refractivity contribution >= 4 is 0 Å². The molecule has 1 saturated heterocycles. The first-order valence-electron chi connectivity index (χ1n) is 6.25. The Balaban J connectivity index is 2.39. The van der Waals surface area contributed by atoms with Crippen LogP contribution >= 0.6 is 0 Å². The summed E-state index contributed by atoms with van der Waals surface area (Å²) in [5.74, 6) is 0.710. The van der Waals surface area contributed by atoms with Gasteiger partial charge in [0.1, 0.15) is 0 Å². The predicted molar refractivity (Wildman–Crippen MR) is 62.3 cm³/mol. The summed E-state index contributed by atoms with van der Waals surface area (Å²) in [6.45, 7) is 7.94. The topological polar surface area (TPSA) is 29.3 Å². The maximum atomic E-state index is 5.76. The molecule has 1 aliphatic rings. The highest BCUT2D eigenvalue weighted by molar-refractivity contribution is 4.77. The van der Waals surface area contributed by atoms with Gasteiger partial charge in [-0.3, -0.25) is 0 Å². The van der Waals surface area contributed by atoms with Gasteiger partial charge in [0, 0.05) is 12.6 Å². The molecule has 2 N–H and O–H groups in total. The molecule has 2 nitrogen and oxygen atoms in total. The third-order valence-electron chi connectivity index (χ3n) is 3.62. The van der Waals surface area contributed by atoms with E-state index in [-0.39, 0.29) is 0 Å². The highest BCUT2D eigenvalue weighted by atomic mass is 15.2. The fourth-order valence-corrected chi connectivity index (χ4v) is 2.46. The van der Waals surface area contributed by atoms with Crippen molar-refractivity contribution in [2.24, 2.45) is 11.7 Å². The Hall–Kier alpha value is -0.0800. The van der Waals surface area contributed by atoms with E-state index in [0.717, 1.165) is 12.6 Å². The summed E-state index contributed by atoms with van der Waals surface area (Å²) in [4.78, 5) is 2.67. The zero-order valence-electron chi connectivity index (χ0n) is 9.84. The number of piperidine rings is 1. The van der Waals surface area contributed by atoms with E-state index >= 15 is 0 Å². The molecule has 1 rings (SSSR count). The van der Waals surface area contributed by atoms with Gasteiger partial charge in [-0.15, -0.1) is 0 Å². The van der Waals surface area contributed by atoms with Crippen molar-refractivity contribution in [3.8, 4) is 0 Å². The van der Waals surface area contributed by atoms with Crippen molar-refractivity contribution in [2.45, 2.75) is 52.0 Å². The van der Waals surface area contributed by atoms with Gasteiger partial charge in [0.25, 0.3) is 0 Å². The minimum atomic E-state index is 0.710. The molecule has 1 fully saturated rings. The van der Waals surface area contributed by atoms with Gasteiger partial charge in [-0.2, -0.15) is 0 Å². The van der Waals surface area contributed by atoms with Crippen LogP contribution in [0.3, 0.4) is 0 Å². The Morgan fingerprint density at radius 1 is 1.36 bits per heavy atom. The Morgan fingerprint density at radius 2 is 2.14 bits per heavy atom. The van der Waals surface area contributed by atoms with E-state index in [1.807, 2.05) is 0 Å². The third kappa shape index (κ3) is 3.25. The second-order valence-electron chi connectivity index (χ2n) is 4.56. The second-order valence-corrected chi connectivity index (χ2v) is 4.56. The Kier molecular flexibility index (Phi) is 5.49. The molecule has 84 valence electrons. The van der Waals surface area contributed by atoms with Crippen LogP contribution in [0.15, 0.2) is 0 Å². The zero-order chi connectivity index (χ0) is 10.4. The summed E-state index contributed by atoms with van der Waals surface area (Å²) in [7, 11) is 0. The normalized spacial score (nSPS) is 26.4. The predicted octanol–water partition coefficient (Wildman–Crippen LogP) is 2.24. The first-order chi connectivity index (χ1) is 6.81. The summed E-state index contributed by atoms with van der Waals surface area (Å²) in [6, 6.07) is 0.837. The quantitative estimate of drug-likeness (QED) is 0.734. The van der Waals surface area contributed by atoms with Gasteiger partial charge in [0.2, 0.25) is 0 Å². The summed E-state index contributed by atoms with van der Waals surface area (Å²) in [6.07, 6.45) is 6.74. The second kappa shape index (κ2) is 6.41. The Bertz CT molecular complexity index is 143. The first kappa shape index (κ1) is 12.0. The average molecular weight is 198 g/mol. The van der Waals surface area contributed by atoms with Crippen molar-refractivity contribution < 1.29 is 0 Å². The third-order valence-corrected chi connectivity index (χ3v) is 3.62. The summed E-state index contributed by atoms with van der Waals surface area (Å²) in [5, 5.41) is 0. The lowest BCUT2D eigenvalue weighted by Crippen LogP contribution is -2.43. The van der Waals surface area contributed by atoms with Crippen molar-refractivity contribution in [1.29, 1.82) is 0 Å². The molecule has 0 spiro atoms. The smallest absolute Gasteiger partial charge is 0.00927 e. The lowest BCUT2D eigenvalue weighted by Gasteiger charge is -2.37. The van der Waals surface area contributed by atoms with Gasteiger partial charge in [0.05, 0.1) is 0 Å². The molecule has 2 heteroatoms. The Labute approximate surface area is 88.8 Å². The summed E-state index contributed by atoms with van der Waals surface area (Å²) >= 11 is 0. The molecule has 0 radical (unpaired) electrons. The van der Waals surface area contributed by atoms with Gasteiger partial charge in [-0.25, -0.2) is 0 Å². The van der Waals surface area contributed by atoms with Gasteiger partial charge in [-0.05, 0) is 38.3 Å². The van der Waals surface area contributed by atoms with Gasteiger partial charge < -0.3 is 10.6 Å². The molecule has 0 aliphatic carbocycles. The molecule has 0 aromatic rings. The maximum absolute atomic E-state index is 5.76. The highest BCUT2D eigenvalue weighted by Crippen LogP contribution is 2.20. The molecule has 0 saturated carbocycles. The first-order valence-corrected chi connectivity index (χ1v) is 6.25. The molecule has 0 aromatic heterocycles. The van der Waals surface area contributed by atoms with Gasteiger partial charge in [0.15, 0.2) is 0 Å². The van der Waals surface area contributed by atoms with Crippen molar-refractivity contribution in [1.82, 2.24) is 4.90 Å². The van der Waals surface area contributed by atoms with Gasteiger partial charge in [-0.1, -0.05) is 26.7 Å². The van der Waals surface area contributed by atoms with Crippen LogP contribution in [0.2, 0.25) is 0 Å². The lowest BCUT2D eigenvalue weighted by atomic mass is 9.97. The summed E-state index contributed by atoms with van der Waals surface area (Å²) < 4.78 is 0. The molecule has 1 aliphatic heterocycles. The highest BCUT2D eigenvalue weighted by Gasteiger charge is 2.22. The number of nitrogens with zero attached hydrogens (tertiary/aromatic N) is 1. The van der Waals surface area contributed by atoms with E-state index in [2.05, 4.69) is 18.7 Å². The van der Waals surface area contributed by atoms with Crippen LogP contribution in [0.5, 0.6) is 0 Å². The zero-order valence-corrected chi connectivity index (χ0v) is 9.84. The molecular weight excluding hydrogens is 172 g/mol. The van der Waals surface area contributed by atoms with Crippen LogP contribution in [0.1, 0.15) is 46.0 Å². The van der Waals surface area contributed by atoms with E-state index in [4.69, 9.17) is 5.73 Å². The number of nitrogens with two attached hydrogens (primary N) is 1. The minimum Gasteiger partial charge on any atom is -0.330 e. The maximum Gasteiger partial charge on any atom is 0.00927 e. The van der Waals surface area contributed by atoms with Gasteiger partial charge >= 0.3 is 0 Å². The SMILES string of the molecule is CCC(CN)CN1CCCCC1CC. The number of rotatable bonds is 5. The van der Waals surface area contributed by atoms with Crippen LogP contribution in [-0.2, 0) is 0 Å².